The summed E-state index contributed by atoms with van der Waals surface area (Å²) >= 11 is 0. The van der Waals surface area contributed by atoms with Gasteiger partial charge in [-0.3, -0.25) is 4.79 Å². The molecular weight excluding hydrogens is 268 g/mol. The van der Waals surface area contributed by atoms with E-state index in [1.807, 2.05) is 0 Å². The molecule has 19 heavy (non-hydrogen) atoms. The first-order valence-corrected chi connectivity index (χ1v) is 8.03. The molecule has 2 heterocycles. The van der Waals surface area contributed by atoms with Crippen LogP contribution in [0.2, 0.25) is 0 Å². The molecule has 0 spiro atoms. The van der Waals surface area contributed by atoms with Gasteiger partial charge in [0.05, 0.1) is 0 Å². The van der Waals surface area contributed by atoms with Gasteiger partial charge in [-0.1, -0.05) is 0 Å². The monoisotopic (exact) mass is 290 g/mol. The fourth-order valence-corrected chi connectivity index (χ4v) is 4.42. The summed E-state index contributed by atoms with van der Waals surface area (Å²) in [5, 5.41) is 5.89. The molecular formula is C11H22N4O3S. The maximum Gasteiger partial charge on any atom is 0.283 e. The predicted molar refractivity (Wildman–Crippen MR) is 71.8 cm³/mol. The van der Waals surface area contributed by atoms with Gasteiger partial charge in [0.1, 0.15) is 5.54 Å². The van der Waals surface area contributed by atoms with Gasteiger partial charge in [0.2, 0.25) is 5.91 Å². The van der Waals surface area contributed by atoms with E-state index in [0.717, 1.165) is 13.0 Å². The minimum atomic E-state index is -3.58. The van der Waals surface area contributed by atoms with E-state index < -0.39 is 15.7 Å². The van der Waals surface area contributed by atoms with Crippen LogP contribution in [0, 0.1) is 0 Å². The number of hydrogen-bond acceptors (Lipinski definition) is 4. The van der Waals surface area contributed by atoms with Gasteiger partial charge in [0, 0.05) is 32.7 Å². The Morgan fingerprint density at radius 1 is 1.11 bits per heavy atom. The Kier molecular flexibility index (Phi) is 4.14. The highest BCUT2D eigenvalue weighted by Gasteiger charge is 2.46. The minimum absolute atomic E-state index is 0.240. The standard InChI is InChI=1S/C11H22N4O3S/c1-11(2)10(16)13-6-9-15(11)19(17,18)14-7-3-4-12-5-8-14/h12H,3-9H2,1-2H3,(H,13,16). The average Bonchev–Trinajstić information content (AvgIpc) is 2.61. The van der Waals surface area contributed by atoms with Crippen molar-refractivity contribution < 1.29 is 13.2 Å². The van der Waals surface area contributed by atoms with Crippen molar-refractivity contribution in [3.05, 3.63) is 0 Å². The SMILES string of the molecule is CC1(C)C(=O)NCCN1S(=O)(=O)N1CCCNCC1. The molecule has 0 aromatic carbocycles. The van der Waals surface area contributed by atoms with Crippen LogP contribution < -0.4 is 10.6 Å². The molecule has 0 bridgehead atoms. The molecule has 110 valence electrons. The fraction of sp³-hybridized carbons (Fsp3) is 0.909. The summed E-state index contributed by atoms with van der Waals surface area (Å²) in [5.41, 5.74) is -1.03. The van der Waals surface area contributed by atoms with Gasteiger partial charge in [-0.15, -0.1) is 0 Å². The Morgan fingerprint density at radius 3 is 2.58 bits per heavy atom. The molecule has 0 saturated carbocycles. The highest BCUT2D eigenvalue weighted by atomic mass is 32.2. The van der Waals surface area contributed by atoms with E-state index in [-0.39, 0.29) is 5.91 Å². The van der Waals surface area contributed by atoms with Crippen LogP contribution in [0.25, 0.3) is 0 Å². The molecule has 0 aromatic heterocycles. The molecule has 2 saturated heterocycles. The van der Waals surface area contributed by atoms with E-state index in [0.29, 0.717) is 32.7 Å². The van der Waals surface area contributed by atoms with Gasteiger partial charge >= 0.3 is 0 Å². The van der Waals surface area contributed by atoms with Gasteiger partial charge in [-0.25, -0.2) is 0 Å². The summed E-state index contributed by atoms with van der Waals surface area (Å²) in [6, 6.07) is 0. The van der Waals surface area contributed by atoms with E-state index >= 15 is 0 Å². The smallest absolute Gasteiger partial charge is 0.283 e. The summed E-state index contributed by atoms with van der Waals surface area (Å²) in [4.78, 5) is 11.9. The Hall–Kier alpha value is -0.700. The first kappa shape index (κ1) is 14.7. The van der Waals surface area contributed by atoms with Gasteiger partial charge in [-0.05, 0) is 26.8 Å². The number of hydrogen-bond donors (Lipinski definition) is 2. The third kappa shape index (κ3) is 2.76. The number of carbonyl (C=O) groups is 1. The molecule has 2 rings (SSSR count). The summed E-state index contributed by atoms with van der Waals surface area (Å²) in [6.45, 7) is 6.43. The topological polar surface area (TPSA) is 81.8 Å². The lowest BCUT2D eigenvalue weighted by molar-refractivity contribution is -0.131. The predicted octanol–water partition coefficient (Wildman–Crippen LogP) is -1.26. The second-order valence-corrected chi connectivity index (χ2v) is 7.25. The van der Waals surface area contributed by atoms with Crippen LogP contribution in [0.5, 0.6) is 0 Å². The number of nitrogens with one attached hydrogen (secondary N) is 2. The Labute approximate surface area is 114 Å². The molecule has 0 atom stereocenters. The second-order valence-electron chi connectivity index (χ2n) is 5.40. The van der Waals surface area contributed by atoms with Crippen LogP contribution in [0.15, 0.2) is 0 Å². The van der Waals surface area contributed by atoms with E-state index in [9.17, 15) is 13.2 Å². The van der Waals surface area contributed by atoms with E-state index in [2.05, 4.69) is 10.6 Å². The zero-order valence-corrected chi connectivity index (χ0v) is 12.3. The number of piperazine rings is 1. The van der Waals surface area contributed by atoms with Crippen molar-refractivity contribution in [3.8, 4) is 0 Å². The molecule has 2 fully saturated rings. The van der Waals surface area contributed by atoms with Gasteiger partial charge < -0.3 is 10.6 Å². The van der Waals surface area contributed by atoms with Crippen molar-refractivity contribution in [3.63, 3.8) is 0 Å². The number of carbonyl (C=O) groups excluding carboxylic acids is 1. The summed E-state index contributed by atoms with van der Waals surface area (Å²) < 4.78 is 28.2. The molecule has 1 amide bonds. The molecule has 2 aliphatic heterocycles. The normalized spacial score (nSPS) is 26.7. The number of rotatable bonds is 2. The minimum Gasteiger partial charge on any atom is -0.353 e. The van der Waals surface area contributed by atoms with Crippen LogP contribution in [0.4, 0.5) is 0 Å². The first-order chi connectivity index (χ1) is 8.87. The summed E-state index contributed by atoms with van der Waals surface area (Å²) in [7, 11) is -3.58. The summed E-state index contributed by atoms with van der Waals surface area (Å²) in [6.07, 6.45) is 0.791. The van der Waals surface area contributed by atoms with E-state index in [1.165, 1.54) is 8.61 Å². The molecule has 2 N–H and O–H groups in total. The third-order valence-corrected chi connectivity index (χ3v) is 5.90. The largest absolute Gasteiger partial charge is 0.353 e. The van der Waals surface area contributed by atoms with Crippen LogP contribution in [0.3, 0.4) is 0 Å². The van der Waals surface area contributed by atoms with Gasteiger partial charge in [-0.2, -0.15) is 17.0 Å². The van der Waals surface area contributed by atoms with E-state index in [4.69, 9.17) is 0 Å². The van der Waals surface area contributed by atoms with Crippen molar-refractivity contribution in [1.82, 2.24) is 19.2 Å². The number of amides is 1. The molecule has 7 nitrogen and oxygen atoms in total. The fourth-order valence-electron chi connectivity index (χ4n) is 2.47. The van der Waals surface area contributed by atoms with Gasteiger partial charge in [0.25, 0.3) is 10.2 Å². The lowest BCUT2D eigenvalue weighted by Crippen LogP contribution is -2.65. The molecule has 8 heteroatoms. The van der Waals surface area contributed by atoms with Gasteiger partial charge in [0.15, 0.2) is 0 Å². The zero-order valence-electron chi connectivity index (χ0n) is 11.5. The summed E-state index contributed by atoms with van der Waals surface area (Å²) in [5.74, 6) is -0.240. The molecule has 0 radical (unpaired) electrons. The van der Waals surface area contributed by atoms with Crippen molar-refractivity contribution in [2.45, 2.75) is 25.8 Å². The molecule has 0 aromatic rings. The van der Waals surface area contributed by atoms with Crippen molar-refractivity contribution >= 4 is 16.1 Å². The quantitative estimate of drug-likeness (QED) is 0.665. The maximum atomic E-state index is 12.7. The molecule has 2 aliphatic rings. The van der Waals surface area contributed by atoms with Crippen LogP contribution in [0.1, 0.15) is 20.3 Å². The van der Waals surface area contributed by atoms with Crippen molar-refractivity contribution in [2.75, 3.05) is 39.3 Å². The first-order valence-electron chi connectivity index (χ1n) is 6.64. The second kappa shape index (κ2) is 5.35. The average molecular weight is 290 g/mol. The highest BCUT2D eigenvalue weighted by molar-refractivity contribution is 7.86. The third-order valence-electron chi connectivity index (χ3n) is 3.68. The Bertz CT molecular complexity index is 441. The van der Waals surface area contributed by atoms with Crippen LogP contribution in [-0.4, -0.2) is 67.7 Å². The lowest BCUT2D eigenvalue weighted by atomic mass is 10.0. The maximum absolute atomic E-state index is 12.7. The Balaban J connectivity index is 2.24. The number of nitrogens with zero attached hydrogens (tertiary/aromatic N) is 2. The van der Waals surface area contributed by atoms with E-state index in [1.54, 1.807) is 13.8 Å². The molecule has 0 aliphatic carbocycles. The molecule has 0 unspecified atom stereocenters. The Morgan fingerprint density at radius 2 is 1.84 bits per heavy atom. The van der Waals surface area contributed by atoms with Crippen LogP contribution in [-0.2, 0) is 15.0 Å². The van der Waals surface area contributed by atoms with Crippen molar-refractivity contribution in [2.24, 2.45) is 0 Å². The van der Waals surface area contributed by atoms with Crippen LogP contribution >= 0.6 is 0 Å². The van der Waals surface area contributed by atoms with Crippen molar-refractivity contribution in [1.29, 1.82) is 0 Å². The highest BCUT2D eigenvalue weighted by Crippen LogP contribution is 2.24. The lowest BCUT2D eigenvalue weighted by Gasteiger charge is -2.42. The zero-order chi connectivity index (χ0) is 14.1.